The fourth-order valence-corrected chi connectivity index (χ4v) is 5.27. The van der Waals surface area contributed by atoms with Crippen LogP contribution in [-0.2, 0) is 10.2 Å². The smallest absolute Gasteiger partial charge is 0.226 e. The maximum Gasteiger partial charge on any atom is 0.226 e. The zero-order valence-electron chi connectivity index (χ0n) is 17.3. The molecule has 4 nitrogen and oxygen atoms in total. The number of aromatic nitrogens is 2. The molecule has 1 amide bonds. The molecule has 1 aromatic heterocycles. The van der Waals surface area contributed by atoms with Gasteiger partial charge in [0.1, 0.15) is 5.82 Å². The Morgan fingerprint density at radius 2 is 2.00 bits per heavy atom. The lowest BCUT2D eigenvalue weighted by Crippen LogP contribution is -2.34. The van der Waals surface area contributed by atoms with Crippen molar-refractivity contribution in [2.45, 2.75) is 44.9 Å². The Morgan fingerprint density at radius 3 is 2.76 bits per heavy atom. The summed E-state index contributed by atoms with van der Waals surface area (Å²) < 4.78 is 0. The van der Waals surface area contributed by atoms with E-state index in [1.165, 1.54) is 24.8 Å². The van der Waals surface area contributed by atoms with E-state index >= 15 is 0 Å². The molecule has 3 aromatic rings. The molecule has 1 N–H and O–H groups in total. The highest BCUT2D eigenvalue weighted by molar-refractivity contribution is 5.88. The van der Waals surface area contributed by atoms with Gasteiger partial charge in [-0.05, 0) is 36.1 Å². The van der Waals surface area contributed by atoms with Gasteiger partial charge in [0.05, 0.1) is 17.0 Å². The molecule has 0 bridgehead atoms. The van der Waals surface area contributed by atoms with Crippen LogP contribution in [0.4, 0.5) is 0 Å². The van der Waals surface area contributed by atoms with Crippen LogP contribution in [0.5, 0.6) is 0 Å². The molecule has 0 radical (unpaired) electrons. The van der Waals surface area contributed by atoms with E-state index in [0.717, 1.165) is 41.9 Å². The van der Waals surface area contributed by atoms with Crippen LogP contribution in [0.2, 0.25) is 0 Å². The number of H-pyrrole nitrogens is 1. The van der Waals surface area contributed by atoms with Gasteiger partial charge in [0.2, 0.25) is 5.91 Å². The van der Waals surface area contributed by atoms with E-state index in [2.05, 4.69) is 54.1 Å². The average molecular weight is 388 g/mol. The van der Waals surface area contributed by atoms with E-state index in [1.807, 2.05) is 18.2 Å². The van der Waals surface area contributed by atoms with Crippen LogP contribution in [0.15, 0.2) is 48.5 Å². The summed E-state index contributed by atoms with van der Waals surface area (Å²) in [6.45, 7) is 6.34. The number of carbonyl (C=O) groups is 1. The van der Waals surface area contributed by atoms with E-state index in [1.54, 1.807) is 0 Å². The predicted octanol–water partition coefficient (Wildman–Crippen LogP) is 5.16. The van der Waals surface area contributed by atoms with Crippen LogP contribution in [0.1, 0.15) is 45.1 Å². The molecule has 4 heteroatoms. The monoisotopic (exact) mass is 387 g/mol. The number of carbonyl (C=O) groups excluding carboxylic acids is 1. The Morgan fingerprint density at radius 1 is 1.14 bits per heavy atom. The number of rotatable bonds is 7. The number of piperidine rings is 1. The highest BCUT2D eigenvalue weighted by Gasteiger charge is 2.70. The largest absolute Gasteiger partial charge is 0.342 e. The number of likely N-dealkylation sites (tertiary alicyclic amines) is 1. The van der Waals surface area contributed by atoms with E-state index in [0.29, 0.717) is 11.8 Å². The Hall–Kier alpha value is -2.62. The van der Waals surface area contributed by atoms with Crippen molar-refractivity contribution in [1.82, 2.24) is 14.9 Å². The summed E-state index contributed by atoms with van der Waals surface area (Å²) in [7, 11) is 0. The minimum absolute atomic E-state index is 0.0287. The Labute approximate surface area is 172 Å². The van der Waals surface area contributed by atoms with E-state index in [-0.39, 0.29) is 11.3 Å². The first-order valence-corrected chi connectivity index (χ1v) is 11.0. The number of fused-ring (bicyclic) bond motifs is 2. The van der Waals surface area contributed by atoms with Gasteiger partial charge < -0.3 is 9.88 Å². The first kappa shape index (κ1) is 18.4. The third-order valence-electron chi connectivity index (χ3n) is 7.13. The molecule has 29 heavy (non-hydrogen) atoms. The third-order valence-corrected chi connectivity index (χ3v) is 7.13. The van der Waals surface area contributed by atoms with Crippen molar-refractivity contribution in [3.63, 3.8) is 0 Å². The Kier molecular flexibility index (Phi) is 4.45. The molecule has 3 unspecified atom stereocenters. The number of para-hydroxylation sites is 2. The van der Waals surface area contributed by atoms with E-state index in [9.17, 15) is 4.79 Å². The molecule has 0 spiro atoms. The molecule has 3 atom stereocenters. The van der Waals surface area contributed by atoms with Crippen LogP contribution in [0, 0.1) is 11.8 Å². The molecule has 150 valence electrons. The SMILES string of the molecule is CCCCCCN1CC2C(C1=O)C2(C)c1cccc(-c2nc3ccccc3[nH]2)c1. The number of nitrogens with zero attached hydrogens (tertiary/aromatic N) is 2. The van der Waals surface area contributed by atoms with Gasteiger partial charge in [-0.15, -0.1) is 0 Å². The third kappa shape index (κ3) is 2.97. The standard InChI is InChI=1S/C25H29N3O/c1-3-4-5-8-14-28-16-19-22(24(28)29)25(19,2)18-11-9-10-17(15-18)23-26-20-12-6-7-13-21(20)27-23/h6-7,9-13,15,19,22H,3-5,8,14,16H2,1-2H3,(H,26,27). The quantitative estimate of drug-likeness (QED) is 0.570. The lowest BCUT2D eigenvalue weighted by molar-refractivity contribution is -0.130. The highest BCUT2D eigenvalue weighted by atomic mass is 16.2. The molecule has 2 fully saturated rings. The molecule has 5 rings (SSSR count). The first-order chi connectivity index (χ1) is 14.1. The summed E-state index contributed by atoms with van der Waals surface area (Å²) >= 11 is 0. The van der Waals surface area contributed by atoms with Crippen molar-refractivity contribution in [2.75, 3.05) is 13.1 Å². The number of benzene rings is 2. The predicted molar refractivity (Wildman–Crippen MR) is 117 cm³/mol. The maximum absolute atomic E-state index is 13.0. The van der Waals surface area contributed by atoms with E-state index in [4.69, 9.17) is 4.98 Å². The van der Waals surface area contributed by atoms with Crippen molar-refractivity contribution in [2.24, 2.45) is 11.8 Å². The second-order valence-corrected chi connectivity index (χ2v) is 8.90. The summed E-state index contributed by atoms with van der Waals surface area (Å²) in [4.78, 5) is 23.3. The summed E-state index contributed by atoms with van der Waals surface area (Å²) in [6.07, 6.45) is 4.86. The zero-order valence-corrected chi connectivity index (χ0v) is 17.3. The summed E-state index contributed by atoms with van der Waals surface area (Å²) in [5, 5.41) is 0. The fourth-order valence-electron chi connectivity index (χ4n) is 5.27. The van der Waals surface area contributed by atoms with Crippen molar-refractivity contribution in [3.05, 3.63) is 54.1 Å². The van der Waals surface area contributed by atoms with Crippen LogP contribution < -0.4 is 0 Å². The number of nitrogens with one attached hydrogen (secondary N) is 1. The van der Waals surface area contributed by atoms with Gasteiger partial charge in [-0.2, -0.15) is 0 Å². The molecule has 2 heterocycles. The molecule has 1 saturated carbocycles. The maximum atomic E-state index is 13.0. The zero-order chi connectivity index (χ0) is 20.0. The number of hydrogen-bond acceptors (Lipinski definition) is 2. The highest BCUT2D eigenvalue weighted by Crippen LogP contribution is 2.64. The minimum Gasteiger partial charge on any atom is -0.342 e. The van der Waals surface area contributed by atoms with Crippen molar-refractivity contribution < 1.29 is 4.79 Å². The summed E-state index contributed by atoms with van der Waals surface area (Å²) in [5.41, 5.74) is 4.37. The van der Waals surface area contributed by atoms with Crippen molar-refractivity contribution in [1.29, 1.82) is 0 Å². The molecule has 2 aliphatic rings. The Bertz CT molecular complexity index is 1020. The van der Waals surface area contributed by atoms with Gasteiger partial charge in [-0.25, -0.2) is 4.98 Å². The van der Waals surface area contributed by atoms with Gasteiger partial charge in [0.15, 0.2) is 0 Å². The fraction of sp³-hybridized carbons (Fsp3) is 0.440. The number of aromatic amines is 1. The lowest BCUT2D eigenvalue weighted by Gasteiger charge is -2.25. The van der Waals surface area contributed by atoms with Crippen molar-refractivity contribution in [3.8, 4) is 11.4 Å². The van der Waals surface area contributed by atoms with Crippen LogP contribution in [-0.4, -0.2) is 33.9 Å². The van der Waals surface area contributed by atoms with E-state index < -0.39 is 0 Å². The average Bonchev–Trinajstić information content (AvgIpc) is 3.05. The van der Waals surface area contributed by atoms with Crippen LogP contribution >= 0.6 is 0 Å². The molecule has 2 aromatic carbocycles. The molecule has 1 aliphatic carbocycles. The van der Waals surface area contributed by atoms with Gasteiger partial charge in [-0.1, -0.05) is 63.4 Å². The summed E-state index contributed by atoms with van der Waals surface area (Å²) in [5.74, 6) is 1.86. The van der Waals surface area contributed by atoms with Crippen molar-refractivity contribution >= 4 is 16.9 Å². The molecular formula is C25H29N3O. The molecule has 1 aliphatic heterocycles. The number of imidazole rings is 1. The normalized spacial score (nSPS) is 25.6. The van der Waals surface area contributed by atoms with Crippen LogP contribution in [0.3, 0.4) is 0 Å². The van der Waals surface area contributed by atoms with Gasteiger partial charge in [0.25, 0.3) is 0 Å². The number of unbranched alkanes of at least 4 members (excludes halogenated alkanes) is 3. The minimum atomic E-state index is -0.0287. The lowest BCUT2D eigenvalue weighted by atomic mass is 9.90. The summed E-state index contributed by atoms with van der Waals surface area (Å²) in [6, 6.07) is 16.7. The first-order valence-electron chi connectivity index (χ1n) is 11.0. The van der Waals surface area contributed by atoms with Gasteiger partial charge in [-0.3, -0.25) is 4.79 Å². The number of hydrogen-bond donors (Lipinski definition) is 1. The van der Waals surface area contributed by atoms with Gasteiger partial charge >= 0.3 is 0 Å². The van der Waals surface area contributed by atoms with Crippen LogP contribution in [0.25, 0.3) is 22.4 Å². The van der Waals surface area contributed by atoms with Gasteiger partial charge in [0, 0.05) is 24.1 Å². The second-order valence-electron chi connectivity index (χ2n) is 8.90. The Balaban J connectivity index is 1.34. The molecule has 1 saturated heterocycles. The topological polar surface area (TPSA) is 49.0 Å². The molecular weight excluding hydrogens is 358 g/mol. The number of amides is 1. The second kappa shape index (κ2) is 7.01.